The molecule has 3 aromatic rings. The number of nitrogens with zero attached hydrogens (tertiary/aromatic N) is 3. The molecule has 29 heavy (non-hydrogen) atoms. The number of carbonyl (C=O) groups excluding carboxylic acids is 2. The number of benzene rings is 2. The second-order valence-corrected chi connectivity index (χ2v) is 7.36. The molecule has 0 aliphatic carbocycles. The van der Waals surface area contributed by atoms with Crippen LogP contribution < -0.4 is 10.2 Å². The minimum atomic E-state index is -0.186. The van der Waals surface area contributed by atoms with Crippen LogP contribution >= 0.6 is 0 Å². The molecule has 0 bridgehead atoms. The van der Waals surface area contributed by atoms with Crippen molar-refractivity contribution in [1.29, 1.82) is 0 Å². The molecule has 2 heterocycles. The zero-order valence-corrected chi connectivity index (χ0v) is 16.7. The van der Waals surface area contributed by atoms with Gasteiger partial charge in [-0.1, -0.05) is 48.5 Å². The van der Waals surface area contributed by atoms with Gasteiger partial charge in [0.1, 0.15) is 12.4 Å². The molecule has 1 aromatic heterocycles. The predicted octanol–water partition coefficient (Wildman–Crippen LogP) is 3.22. The molecule has 6 nitrogen and oxygen atoms in total. The first kappa shape index (κ1) is 18.9. The van der Waals surface area contributed by atoms with Crippen LogP contribution in [0.5, 0.6) is 0 Å². The Morgan fingerprint density at radius 3 is 2.55 bits per heavy atom. The molecule has 0 saturated carbocycles. The van der Waals surface area contributed by atoms with Crippen LogP contribution in [0.3, 0.4) is 0 Å². The van der Waals surface area contributed by atoms with E-state index in [0.29, 0.717) is 25.3 Å². The van der Waals surface area contributed by atoms with Crippen LogP contribution in [-0.4, -0.2) is 28.1 Å². The first-order chi connectivity index (χ1) is 14.0. The number of fused-ring (bicyclic) bond motifs is 1. The van der Waals surface area contributed by atoms with Crippen molar-refractivity contribution in [1.82, 2.24) is 15.1 Å². The summed E-state index contributed by atoms with van der Waals surface area (Å²) in [5, 5.41) is 7.59. The number of aryl methyl sites for hydroxylation is 3. The molecular weight excluding hydrogens is 364 g/mol. The lowest BCUT2D eigenvalue weighted by Gasteiger charge is -2.26. The number of anilines is 1. The number of carbonyl (C=O) groups is 2. The molecule has 2 amide bonds. The molecule has 0 fully saturated rings. The third-order valence-electron chi connectivity index (χ3n) is 5.33. The van der Waals surface area contributed by atoms with E-state index in [2.05, 4.69) is 10.4 Å². The molecule has 0 saturated heterocycles. The van der Waals surface area contributed by atoms with Crippen LogP contribution in [0.1, 0.15) is 23.1 Å². The smallest absolute Gasteiger partial charge is 0.240 e. The third-order valence-corrected chi connectivity index (χ3v) is 5.33. The van der Waals surface area contributed by atoms with E-state index < -0.39 is 0 Å². The van der Waals surface area contributed by atoms with Crippen molar-refractivity contribution in [2.24, 2.45) is 0 Å². The predicted molar refractivity (Wildman–Crippen MR) is 112 cm³/mol. The topological polar surface area (TPSA) is 67.2 Å². The van der Waals surface area contributed by atoms with Gasteiger partial charge in [0.05, 0.1) is 12.2 Å². The van der Waals surface area contributed by atoms with E-state index in [0.717, 1.165) is 27.9 Å². The summed E-state index contributed by atoms with van der Waals surface area (Å²) in [4.78, 5) is 26.6. The van der Waals surface area contributed by atoms with Crippen LogP contribution in [0.15, 0.2) is 54.6 Å². The number of rotatable bonds is 5. The van der Waals surface area contributed by atoms with E-state index in [-0.39, 0.29) is 18.4 Å². The van der Waals surface area contributed by atoms with E-state index in [1.165, 1.54) is 4.90 Å². The molecular formula is C23H24N4O2. The van der Waals surface area contributed by atoms with Crippen molar-refractivity contribution >= 4 is 17.6 Å². The molecule has 0 atom stereocenters. The molecule has 2 aromatic carbocycles. The Labute approximate surface area is 170 Å². The number of amides is 2. The zero-order chi connectivity index (χ0) is 20.4. The second-order valence-electron chi connectivity index (χ2n) is 7.36. The highest BCUT2D eigenvalue weighted by atomic mass is 16.2. The van der Waals surface area contributed by atoms with Crippen LogP contribution in [0.4, 0.5) is 5.82 Å². The summed E-state index contributed by atoms with van der Waals surface area (Å²) in [6, 6.07) is 17.8. The van der Waals surface area contributed by atoms with Gasteiger partial charge < -0.3 is 5.32 Å². The molecule has 1 aliphatic heterocycles. The van der Waals surface area contributed by atoms with Crippen LogP contribution in [0.25, 0.3) is 11.3 Å². The Morgan fingerprint density at radius 2 is 1.79 bits per heavy atom. The lowest BCUT2D eigenvalue weighted by molar-refractivity contribution is -0.124. The molecule has 0 spiro atoms. The van der Waals surface area contributed by atoms with Crippen molar-refractivity contribution < 1.29 is 9.59 Å². The first-order valence-corrected chi connectivity index (χ1v) is 9.78. The second kappa shape index (κ2) is 7.91. The van der Waals surface area contributed by atoms with Crippen LogP contribution in [-0.2, 0) is 22.7 Å². The maximum absolute atomic E-state index is 12.5. The number of hydrogen-bond donors (Lipinski definition) is 1. The Hall–Kier alpha value is -3.41. The van der Waals surface area contributed by atoms with Gasteiger partial charge in [-0.15, -0.1) is 0 Å². The van der Waals surface area contributed by atoms with Gasteiger partial charge in [-0.25, -0.2) is 4.68 Å². The lowest BCUT2D eigenvalue weighted by Crippen LogP contribution is -2.44. The largest absolute Gasteiger partial charge is 0.350 e. The van der Waals surface area contributed by atoms with Crippen LogP contribution in [0.2, 0.25) is 0 Å². The van der Waals surface area contributed by atoms with Gasteiger partial charge in [-0.2, -0.15) is 5.10 Å². The summed E-state index contributed by atoms with van der Waals surface area (Å²) in [6.45, 7) is 5.02. The average Bonchev–Trinajstić information content (AvgIpc) is 3.14. The maximum atomic E-state index is 12.5. The van der Waals surface area contributed by atoms with Crippen molar-refractivity contribution in [3.8, 4) is 11.3 Å². The fourth-order valence-electron chi connectivity index (χ4n) is 3.62. The average molecular weight is 388 g/mol. The zero-order valence-electron chi connectivity index (χ0n) is 16.7. The third kappa shape index (κ3) is 3.92. The minimum absolute atomic E-state index is 0.0103. The molecule has 1 N–H and O–H groups in total. The highest BCUT2D eigenvalue weighted by Crippen LogP contribution is 2.29. The summed E-state index contributed by atoms with van der Waals surface area (Å²) >= 11 is 0. The highest BCUT2D eigenvalue weighted by Gasteiger charge is 2.28. The minimum Gasteiger partial charge on any atom is -0.350 e. The van der Waals surface area contributed by atoms with E-state index in [1.54, 1.807) is 0 Å². The quantitative estimate of drug-likeness (QED) is 0.730. The number of aromatic nitrogens is 2. The molecule has 148 valence electrons. The van der Waals surface area contributed by atoms with Gasteiger partial charge in [0.25, 0.3) is 0 Å². The summed E-state index contributed by atoms with van der Waals surface area (Å²) in [5.41, 5.74) is 5.17. The van der Waals surface area contributed by atoms with Gasteiger partial charge in [-0.05, 0) is 30.5 Å². The summed E-state index contributed by atoms with van der Waals surface area (Å²) in [7, 11) is 0. The van der Waals surface area contributed by atoms with E-state index in [1.807, 2.05) is 73.1 Å². The van der Waals surface area contributed by atoms with Gasteiger partial charge in [0.15, 0.2) is 0 Å². The molecule has 4 rings (SSSR count). The summed E-state index contributed by atoms with van der Waals surface area (Å²) < 4.78 is 1.82. The van der Waals surface area contributed by atoms with Crippen molar-refractivity contribution in [2.75, 3.05) is 11.4 Å². The van der Waals surface area contributed by atoms with Gasteiger partial charge in [-0.3, -0.25) is 14.5 Å². The maximum Gasteiger partial charge on any atom is 0.240 e. The van der Waals surface area contributed by atoms with Gasteiger partial charge >= 0.3 is 0 Å². The molecule has 0 unspecified atom stereocenters. The van der Waals surface area contributed by atoms with Crippen molar-refractivity contribution in [3.05, 3.63) is 71.3 Å². The standard InChI is InChI=1S/C23H24N4O2/c1-16-7-3-5-9-18(16)14-24-21(28)15-26-22-13-20(19-10-6-4-8-17(19)2)25-27(22)12-11-23(26)29/h3-10,13H,11-12,14-15H2,1-2H3,(H,24,28). The Bertz CT molecular complexity index is 1070. The Morgan fingerprint density at radius 1 is 1.07 bits per heavy atom. The van der Waals surface area contributed by atoms with E-state index >= 15 is 0 Å². The SMILES string of the molecule is Cc1ccccc1CNC(=O)CN1C(=O)CCn2nc(-c3ccccc3C)cc21. The van der Waals surface area contributed by atoms with Crippen molar-refractivity contribution in [3.63, 3.8) is 0 Å². The molecule has 1 aliphatic rings. The van der Waals surface area contributed by atoms with Gasteiger partial charge in [0.2, 0.25) is 11.8 Å². The Balaban J connectivity index is 1.51. The van der Waals surface area contributed by atoms with E-state index in [9.17, 15) is 9.59 Å². The summed E-state index contributed by atoms with van der Waals surface area (Å²) in [6.07, 6.45) is 0.340. The van der Waals surface area contributed by atoms with Gasteiger partial charge in [0, 0.05) is 24.6 Å². The molecule has 6 heteroatoms. The fourth-order valence-corrected chi connectivity index (χ4v) is 3.62. The molecule has 0 radical (unpaired) electrons. The highest BCUT2D eigenvalue weighted by molar-refractivity contribution is 5.99. The Kier molecular flexibility index (Phi) is 5.16. The normalized spacial score (nSPS) is 13.3. The number of nitrogens with one attached hydrogen (secondary N) is 1. The lowest BCUT2D eigenvalue weighted by atomic mass is 10.1. The van der Waals surface area contributed by atoms with Crippen molar-refractivity contribution in [2.45, 2.75) is 33.4 Å². The van der Waals surface area contributed by atoms with E-state index in [4.69, 9.17) is 0 Å². The first-order valence-electron chi connectivity index (χ1n) is 9.78. The van der Waals surface area contributed by atoms with Crippen LogP contribution in [0, 0.1) is 13.8 Å². The summed E-state index contributed by atoms with van der Waals surface area (Å²) in [5.74, 6) is 0.430. The monoisotopic (exact) mass is 388 g/mol. The number of hydrogen-bond acceptors (Lipinski definition) is 3. The fraction of sp³-hybridized carbons (Fsp3) is 0.261.